The molecule has 3 rings (SSSR count). The second-order valence-corrected chi connectivity index (χ2v) is 5.39. The van der Waals surface area contributed by atoms with Crippen LogP contribution in [0.25, 0.3) is 11.0 Å². The number of amides is 3. The molecular formula is C15H16N4O3. The van der Waals surface area contributed by atoms with E-state index >= 15 is 0 Å². The molecule has 0 spiro atoms. The van der Waals surface area contributed by atoms with Crippen LogP contribution < -0.4 is 10.6 Å². The summed E-state index contributed by atoms with van der Waals surface area (Å²) in [5.41, 5.74) is 2.54. The van der Waals surface area contributed by atoms with Crippen LogP contribution in [0.3, 0.4) is 0 Å². The highest BCUT2D eigenvalue weighted by molar-refractivity contribution is 6.01. The number of para-hydroxylation sites is 1. The normalized spacial score (nSPS) is 18.3. The number of fused-ring (bicyclic) bond motifs is 1. The average molecular weight is 300 g/mol. The molecule has 1 aliphatic heterocycles. The second-order valence-electron chi connectivity index (χ2n) is 5.39. The summed E-state index contributed by atoms with van der Waals surface area (Å²) in [6.45, 7) is 0. The highest BCUT2D eigenvalue weighted by Gasteiger charge is 2.27. The van der Waals surface area contributed by atoms with Crippen LogP contribution in [0.15, 0.2) is 24.5 Å². The van der Waals surface area contributed by atoms with Crippen molar-refractivity contribution in [3.8, 4) is 0 Å². The van der Waals surface area contributed by atoms with Crippen LogP contribution in [0.2, 0.25) is 0 Å². The Bertz CT molecular complexity index is 765. The number of hydrogen-bond donors (Lipinski definition) is 2. The van der Waals surface area contributed by atoms with E-state index in [0.29, 0.717) is 6.42 Å². The molecule has 114 valence electrons. The first kappa shape index (κ1) is 14.2. The molecule has 1 aromatic carbocycles. The van der Waals surface area contributed by atoms with Gasteiger partial charge in [-0.1, -0.05) is 12.1 Å². The summed E-state index contributed by atoms with van der Waals surface area (Å²) in [5.74, 6) is -0.998. The third-order valence-corrected chi connectivity index (χ3v) is 3.76. The number of aromatic nitrogens is 2. The molecule has 0 bridgehead atoms. The summed E-state index contributed by atoms with van der Waals surface area (Å²) in [6.07, 6.45) is 2.43. The minimum absolute atomic E-state index is 0.145. The van der Waals surface area contributed by atoms with E-state index < -0.39 is 11.9 Å². The van der Waals surface area contributed by atoms with Crippen molar-refractivity contribution < 1.29 is 14.4 Å². The van der Waals surface area contributed by atoms with E-state index in [1.54, 1.807) is 6.33 Å². The third kappa shape index (κ3) is 2.69. The number of nitrogens with one attached hydrogen (secondary N) is 2. The quantitative estimate of drug-likeness (QED) is 0.783. The first-order valence-corrected chi connectivity index (χ1v) is 7.06. The molecule has 2 aromatic rings. The van der Waals surface area contributed by atoms with E-state index in [1.165, 1.54) is 0 Å². The Kier molecular flexibility index (Phi) is 3.62. The average Bonchev–Trinajstić information content (AvgIpc) is 2.85. The summed E-state index contributed by atoms with van der Waals surface area (Å²) in [5, 5.41) is 4.89. The number of benzene rings is 1. The molecule has 2 N–H and O–H groups in total. The van der Waals surface area contributed by atoms with E-state index in [0.717, 1.165) is 16.6 Å². The number of imide groups is 1. The van der Waals surface area contributed by atoms with Crippen molar-refractivity contribution in [2.24, 2.45) is 7.05 Å². The van der Waals surface area contributed by atoms with Gasteiger partial charge in [-0.3, -0.25) is 19.7 Å². The van der Waals surface area contributed by atoms with Crippen molar-refractivity contribution >= 4 is 28.8 Å². The topological polar surface area (TPSA) is 93.1 Å². The maximum absolute atomic E-state index is 12.1. The maximum atomic E-state index is 12.1. The summed E-state index contributed by atoms with van der Waals surface area (Å²) >= 11 is 0. The second kappa shape index (κ2) is 5.59. The lowest BCUT2D eigenvalue weighted by molar-refractivity contribution is -0.137. The van der Waals surface area contributed by atoms with Gasteiger partial charge in [0.15, 0.2) is 0 Å². The van der Waals surface area contributed by atoms with Gasteiger partial charge in [0, 0.05) is 13.5 Å². The Labute approximate surface area is 126 Å². The number of nitrogens with zero attached hydrogens (tertiary/aromatic N) is 2. The molecule has 1 atom stereocenters. The lowest BCUT2D eigenvalue weighted by atomic mass is 10.0. The van der Waals surface area contributed by atoms with Gasteiger partial charge < -0.3 is 9.88 Å². The van der Waals surface area contributed by atoms with Gasteiger partial charge in [-0.25, -0.2) is 4.98 Å². The van der Waals surface area contributed by atoms with Crippen LogP contribution in [0, 0.1) is 0 Å². The molecule has 0 radical (unpaired) electrons. The van der Waals surface area contributed by atoms with Crippen molar-refractivity contribution in [1.82, 2.24) is 20.2 Å². The Morgan fingerprint density at radius 3 is 3.05 bits per heavy atom. The lowest BCUT2D eigenvalue weighted by Crippen LogP contribution is -2.52. The van der Waals surface area contributed by atoms with Crippen LogP contribution in [0.5, 0.6) is 0 Å². The Balaban J connectivity index is 1.71. The number of carbonyl (C=O) groups excluding carboxylic acids is 3. The smallest absolute Gasteiger partial charge is 0.249 e. The predicted octanol–water partition coefficient (Wildman–Crippen LogP) is 0.0372. The van der Waals surface area contributed by atoms with Crippen LogP contribution in [0.4, 0.5) is 0 Å². The molecule has 22 heavy (non-hydrogen) atoms. The molecule has 0 aliphatic carbocycles. The predicted molar refractivity (Wildman–Crippen MR) is 78.7 cm³/mol. The van der Waals surface area contributed by atoms with E-state index in [-0.39, 0.29) is 24.7 Å². The Hall–Kier alpha value is -2.70. The highest BCUT2D eigenvalue weighted by atomic mass is 16.2. The summed E-state index contributed by atoms with van der Waals surface area (Å²) < 4.78 is 1.89. The highest BCUT2D eigenvalue weighted by Crippen LogP contribution is 2.17. The van der Waals surface area contributed by atoms with Gasteiger partial charge in [0.1, 0.15) is 6.04 Å². The van der Waals surface area contributed by atoms with Gasteiger partial charge in [-0.15, -0.1) is 0 Å². The van der Waals surface area contributed by atoms with Crippen LogP contribution in [-0.2, 0) is 27.9 Å². The molecule has 1 aliphatic rings. The Morgan fingerprint density at radius 1 is 1.45 bits per heavy atom. The molecule has 1 aromatic heterocycles. The zero-order valence-corrected chi connectivity index (χ0v) is 12.1. The van der Waals surface area contributed by atoms with Crippen molar-refractivity contribution in [3.05, 3.63) is 30.1 Å². The monoisotopic (exact) mass is 300 g/mol. The fourth-order valence-electron chi connectivity index (χ4n) is 2.61. The summed E-state index contributed by atoms with van der Waals surface area (Å²) in [6, 6.07) is 5.01. The zero-order chi connectivity index (χ0) is 15.7. The number of imidazole rings is 1. The van der Waals surface area contributed by atoms with Crippen LogP contribution in [-0.4, -0.2) is 33.3 Å². The van der Waals surface area contributed by atoms with Crippen LogP contribution >= 0.6 is 0 Å². The third-order valence-electron chi connectivity index (χ3n) is 3.76. The van der Waals surface area contributed by atoms with Gasteiger partial charge in [-0.05, 0) is 18.1 Å². The van der Waals surface area contributed by atoms with Gasteiger partial charge >= 0.3 is 0 Å². The molecule has 2 heterocycles. The molecule has 3 amide bonds. The Morgan fingerprint density at radius 2 is 2.27 bits per heavy atom. The summed E-state index contributed by atoms with van der Waals surface area (Å²) in [7, 11) is 1.89. The lowest BCUT2D eigenvalue weighted by Gasteiger charge is -2.21. The number of aryl methyl sites for hydroxylation is 1. The van der Waals surface area contributed by atoms with E-state index in [9.17, 15) is 14.4 Å². The first-order valence-electron chi connectivity index (χ1n) is 7.06. The first-order chi connectivity index (χ1) is 10.5. The largest absolute Gasteiger partial charge is 0.344 e. The number of hydrogen-bond acceptors (Lipinski definition) is 4. The van der Waals surface area contributed by atoms with Gasteiger partial charge in [-0.2, -0.15) is 0 Å². The minimum Gasteiger partial charge on any atom is -0.344 e. The van der Waals surface area contributed by atoms with Gasteiger partial charge in [0.25, 0.3) is 0 Å². The fourth-order valence-corrected chi connectivity index (χ4v) is 2.61. The minimum atomic E-state index is -0.645. The standard InChI is InChI=1S/C15H16N4O3/c1-19-8-16-14-9(3-2-4-11(14)19)7-13(21)17-10-5-6-12(20)18-15(10)22/h2-4,8,10H,5-7H2,1H3,(H,17,21)(H,18,20,22). The van der Waals surface area contributed by atoms with Gasteiger partial charge in [0.05, 0.1) is 23.8 Å². The molecule has 7 nitrogen and oxygen atoms in total. The SMILES string of the molecule is Cn1cnc2c(CC(=O)NC3CCC(=O)NC3=O)cccc21. The van der Waals surface area contributed by atoms with Crippen molar-refractivity contribution in [1.29, 1.82) is 0 Å². The molecular weight excluding hydrogens is 284 g/mol. The number of carbonyl (C=O) groups is 3. The van der Waals surface area contributed by atoms with Crippen molar-refractivity contribution in [3.63, 3.8) is 0 Å². The zero-order valence-electron chi connectivity index (χ0n) is 12.1. The fraction of sp³-hybridized carbons (Fsp3) is 0.333. The van der Waals surface area contributed by atoms with Crippen LogP contribution in [0.1, 0.15) is 18.4 Å². The molecule has 1 saturated heterocycles. The van der Waals surface area contributed by atoms with Gasteiger partial charge in [0.2, 0.25) is 17.7 Å². The number of rotatable bonds is 3. The summed E-state index contributed by atoms with van der Waals surface area (Å²) in [4.78, 5) is 39.2. The van der Waals surface area contributed by atoms with E-state index in [2.05, 4.69) is 15.6 Å². The number of piperidine rings is 1. The van der Waals surface area contributed by atoms with E-state index in [4.69, 9.17) is 0 Å². The molecule has 7 heteroatoms. The van der Waals surface area contributed by atoms with Crippen molar-refractivity contribution in [2.75, 3.05) is 0 Å². The molecule has 1 fully saturated rings. The van der Waals surface area contributed by atoms with Crippen molar-refractivity contribution in [2.45, 2.75) is 25.3 Å². The van der Waals surface area contributed by atoms with E-state index in [1.807, 2.05) is 29.8 Å². The maximum Gasteiger partial charge on any atom is 0.249 e. The molecule has 0 saturated carbocycles. The molecule has 1 unspecified atom stereocenters.